The molecule has 0 radical (unpaired) electrons. The van der Waals surface area contributed by atoms with E-state index in [0.29, 0.717) is 11.3 Å². The SMILES string of the molecule is Cc1ccccc1CN(c1ccc(C(=O)Nc2ccc(N3CCCCC3)cc2)cc1)S(C)(=O)=O. The smallest absolute Gasteiger partial charge is 0.255 e. The van der Waals surface area contributed by atoms with Gasteiger partial charge in [0.1, 0.15) is 0 Å². The number of sulfonamides is 1. The number of anilines is 3. The maximum atomic E-state index is 12.8. The summed E-state index contributed by atoms with van der Waals surface area (Å²) >= 11 is 0. The number of nitrogens with one attached hydrogen (secondary N) is 1. The van der Waals surface area contributed by atoms with Gasteiger partial charge in [0.2, 0.25) is 10.0 Å². The van der Waals surface area contributed by atoms with E-state index in [0.717, 1.165) is 29.9 Å². The third-order valence-electron chi connectivity index (χ3n) is 6.24. The third-order valence-corrected chi connectivity index (χ3v) is 7.38. The lowest BCUT2D eigenvalue weighted by atomic mass is 10.1. The first kappa shape index (κ1) is 23.8. The molecule has 7 heteroatoms. The molecular weight excluding hydrogens is 446 g/mol. The number of nitrogens with zero attached hydrogens (tertiary/aromatic N) is 2. The Hall–Kier alpha value is -3.32. The average Bonchev–Trinajstić information content (AvgIpc) is 2.84. The van der Waals surface area contributed by atoms with Gasteiger partial charge in [-0.05, 0) is 85.8 Å². The predicted octanol–water partition coefficient (Wildman–Crippen LogP) is 5.20. The van der Waals surface area contributed by atoms with E-state index in [1.165, 1.54) is 35.5 Å². The molecule has 0 aliphatic carbocycles. The van der Waals surface area contributed by atoms with Gasteiger partial charge in [0, 0.05) is 30.0 Å². The molecule has 1 fully saturated rings. The van der Waals surface area contributed by atoms with Gasteiger partial charge in [-0.2, -0.15) is 0 Å². The lowest BCUT2D eigenvalue weighted by Crippen LogP contribution is -2.29. The van der Waals surface area contributed by atoms with Gasteiger partial charge in [0.25, 0.3) is 5.91 Å². The van der Waals surface area contributed by atoms with Crippen molar-refractivity contribution in [2.24, 2.45) is 0 Å². The van der Waals surface area contributed by atoms with Gasteiger partial charge in [0.05, 0.1) is 18.5 Å². The van der Waals surface area contributed by atoms with E-state index in [-0.39, 0.29) is 12.5 Å². The van der Waals surface area contributed by atoms with Gasteiger partial charge in [-0.15, -0.1) is 0 Å². The fourth-order valence-corrected chi connectivity index (χ4v) is 5.11. The first-order chi connectivity index (χ1) is 16.3. The van der Waals surface area contributed by atoms with Crippen LogP contribution < -0.4 is 14.5 Å². The van der Waals surface area contributed by atoms with Crippen LogP contribution in [-0.2, 0) is 16.6 Å². The zero-order valence-electron chi connectivity index (χ0n) is 19.7. The Kier molecular flexibility index (Phi) is 7.22. The van der Waals surface area contributed by atoms with E-state index < -0.39 is 10.0 Å². The van der Waals surface area contributed by atoms with E-state index >= 15 is 0 Å². The second-order valence-corrected chi connectivity index (χ2v) is 10.7. The molecule has 1 aliphatic rings. The van der Waals surface area contributed by atoms with Crippen LogP contribution in [0.15, 0.2) is 72.8 Å². The lowest BCUT2D eigenvalue weighted by molar-refractivity contribution is 0.102. The Morgan fingerprint density at radius 1 is 0.912 bits per heavy atom. The van der Waals surface area contributed by atoms with Gasteiger partial charge in [0.15, 0.2) is 0 Å². The summed E-state index contributed by atoms with van der Waals surface area (Å²) in [5, 5.41) is 2.93. The number of piperidine rings is 1. The molecule has 6 nitrogen and oxygen atoms in total. The van der Waals surface area contributed by atoms with E-state index in [1.807, 2.05) is 55.5 Å². The standard InChI is InChI=1S/C27H31N3O3S/c1-21-8-4-5-9-23(21)20-30(34(2,32)33)26-14-10-22(11-15-26)27(31)28-24-12-16-25(17-13-24)29-18-6-3-7-19-29/h4-5,8-17H,3,6-7,18-20H2,1-2H3,(H,28,31). The molecule has 0 unspecified atom stereocenters. The number of benzene rings is 3. The topological polar surface area (TPSA) is 69.7 Å². The molecule has 1 amide bonds. The van der Waals surface area contributed by atoms with Crippen molar-refractivity contribution in [2.45, 2.75) is 32.7 Å². The summed E-state index contributed by atoms with van der Waals surface area (Å²) in [5.41, 5.74) is 4.85. The molecule has 1 aliphatic heterocycles. The Balaban J connectivity index is 1.45. The molecule has 1 saturated heterocycles. The molecule has 0 atom stereocenters. The van der Waals surface area contributed by atoms with Crippen LogP contribution in [0.4, 0.5) is 17.1 Å². The van der Waals surface area contributed by atoms with E-state index in [1.54, 1.807) is 24.3 Å². The van der Waals surface area contributed by atoms with Crippen LogP contribution in [0, 0.1) is 6.92 Å². The number of amides is 1. The molecule has 0 bridgehead atoms. The number of hydrogen-bond acceptors (Lipinski definition) is 4. The van der Waals surface area contributed by atoms with E-state index in [9.17, 15) is 13.2 Å². The maximum Gasteiger partial charge on any atom is 0.255 e. The van der Waals surface area contributed by atoms with Crippen molar-refractivity contribution < 1.29 is 13.2 Å². The van der Waals surface area contributed by atoms with Crippen LogP contribution in [0.1, 0.15) is 40.7 Å². The number of hydrogen-bond donors (Lipinski definition) is 1. The zero-order chi connectivity index (χ0) is 24.1. The van der Waals surface area contributed by atoms with Crippen molar-refractivity contribution in [3.05, 3.63) is 89.5 Å². The number of carbonyl (C=O) groups excluding carboxylic acids is 1. The van der Waals surface area contributed by atoms with Crippen molar-refractivity contribution in [1.29, 1.82) is 0 Å². The molecule has 0 spiro atoms. The van der Waals surface area contributed by atoms with Crippen LogP contribution in [-0.4, -0.2) is 33.7 Å². The highest BCUT2D eigenvalue weighted by molar-refractivity contribution is 7.92. The first-order valence-corrected chi connectivity index (χ1v) is 13.4. The summed E-state index contributed by atoms with van der Waals surface area (Å²) in [6, 6.07) is 22.3. The zero-order valence-corrected chi connectivity index (χ0v) is 20.5. The quantitative estimate of drug-likeness (QED) is 0.508. The van der Waals surface area contributed by atoms with Crippen molar-refractivity contribution in [3.8, 4) is 0 Å². The van der Waals surface area contributed by atoms with Crippen LogP contribution in [0.2, 0.25) is 0 Å². The summed E-state index contributed by atoms with van der Waals surface area (Å²) in [6.45, 7) is 4.35. The largest absolute Gasteiger partial charge is 0.372 e. The molecule has 1 heterocycles. The number of carbonyl (C=O) groups is 1. The molecule has 1 N–H and O–H groups in total. The summed E-state index contributed by atoms with van der Waals surface area (Å²) in [6.07, 6.45) is 4.92. The fraction of sp³-hybridized carbons (Fsp3) is 0.296. The fourth-order valence-electron chi connectivity index (χ4n) is 4.23. The van der Waals surface area contributed by atoms with E-state index in [2.05, 4.69) is 10.2 Å². The first-order valence-electron chi connectivity index (χ1n) is 11.6. The molecule has 4 rings (SSSR count). The van der Waals surface area contributed by atoms with Gasteiger partial charge < -0.3 is 10.2 Å². The molecule has 178 valence electrons. The Labute approximate surface area is 202 Å². The molecule has 0 saturated carbocycles. The average molecular weight is 478 g/mol. The highest BCUT2D eigenvalue weighted by atomic mass is 32.2. The summed E-state index contributed by atoms with van der Waals surface area (Å²) in [7, 11) is -3.50. The molecule has 3 aromatic rings. The Morgan fingerprint density at radius 3 is 2.18 bits per heavy atom. The normalized spacial score (nSPS) is 14.0. The van der Waals surface area contributed by atoms with Crippen LogP contribution >= 0.6 is 0 Å². The number of rotatable bonds is 7. The second-order valence-electron chi connectivity index (χ2n) is 8.79. The minimum atomic E-state index is -3.50. The lowest BCUT2D eigenvalue weighted by Gasteiger charge is -2.28. The van der Waals surface area contributed by atoms with Crippen molar-refractivity contribution in [1.82, 2.24) is 0 Å². The van der Waals surface area contributed by atoms with Gasteiger partial charge in [-0.3, -0.25) is 9.10 Å². The minimum Gasteiger partial charge on any atom is -0.372 e. The third kappa shape index (κ3) is 5.78. The number of aryl methyl sites for hydroxylation is 1. The molecule has 3 aromatic carbocycles. The van der Waals surface area contributed by atoms with Gasteiger partial charge in [-0.25, -0.2) is 8.42 Å². The van der Waals surface area contributed by atoms with Crippen LogP contribution in [0.3, 0.4) is 0 Å². The van der Waals surface area contributed by atoms with Crippen LogP contribution in [0.25, 0.3) is 0 Å². The molecule has 34 heavy (non-hydrogen) atoms. The highest BCUT2D eigenvalue weighted by Gasteiger charge is 2.19. The minimum absolute atomic E-state index is 0.234. The molecular formula is C27H31N3O3S. The van der Waals surface area contributed by atoms with Crippen molar-refractivity contribution in [3.63, 3.8) is 0 Å². The van der Waals surface area contributed by atoms with Crippen molar-refractivity contribution >= 4 is 33.0 Å². The van der Waals surface area contributed by atoms with Gasteiger partial charge in [-0.1, -0.05) is 24.3 Å². The predicted molar refractivity (Wildman–Crippen MR) is 139 cm³/mol. The monoisotopic (exact) mass is 477 g/mol. The second kappa shape index (κ2) is 10.3. The van der Waals surface area contributed by atoms with Crippen molar-refractivity contribution in [2.75, 3.05) is 33.9 Å². The maximum absolute atomic E-state index is 12.8. The molecule has 0 aromatic heterocycles. The Morgan fingerprint density at radius 2 is 1.56 bits per heavy atom. The Bertz CT molecular complexity index is 1230. The van der Waals surface area contributed by atoms with E-state index in [4.69, 9.17) is 0 Å². The summed E-state index contributed by atoms with van der Waals surface area (Å²) in [5.74, 6) is -0.234. The highest BCUT2D eigenvalue weighted by Crippen LogP contribution is 2.24. The summed E-state index contributed by atoms with van der Waals surface area (Å²) < 4.78 is 26.3. The summed E-state index contributed by atoms with van der Waals surface area (Å²) in [4.78, 5) is 15.1. The van der Waals surface area contributed by atoms with Crippen LogP contribution in [0.5, 0.6) is 0 Å². The van der Waals surface area contributed by atoms with Gasteiger partial charge >= 0.3 is 0 Å².